The third kappa shape index (κ3) is 4.12. The van der Waals surface area contributed by atoms with Gasteiger partial charge in [0.1, 0.15) is 22.4 Å². The summed E-state index contributed by atoms with van der Waals surface area (Å²) in [6, 6.07) is 0. The molecule has 1 rings (SSSR count). The van der Waals surface area contributed by atoms with Crippen LogP contribution >= 0.6 is 15.9 Å². The van der Waals surface area contributed by atoms with E-state index in [4.69, 9.17) is 0 Å². The maximum Gasteiger partial charge on any atom is 0.148 e. The second-order valence-electron chi connectivity index (χ2n) is 4.27. The van der Waals surface area contributed by atoms with Crippen LogP contribution in [0.4, 0.5) is 11.6 Å². The zero-order valence-electron chi connectivity index (χ0n) is 11.5. The van der Waals surface area contributed by atoms with Crippen LogP contribution in [0.25, 0.3) is 0 Å². The first kappa shape index (κ1) is 15.2. The van der Waals surface area contributed by atoms with Crippen LogP contribution in [0.3, 0.4) is 0 Å². The van der Waals surface area contributed by atoms with E-state index in [9.17, 15) is 0 Å². The van der Waals surface area contributed by atoms with Crippen molar-refractivity contribution in [1.82, 2.24) is 9.97 Å². The molecule has 1 N–H and O–H groups in total. The molecule has 0 aliphatic heterocycles. The Morgan fingerprint density at radius 2 is 1.78 bits per heavy atom. The Bertz CT molecular complexity index is 351. The summed E-state index contributed by atoms with van der Waals surface area (Å²) >= 11 is 3.62. The summed E-state index contributed by atoms with van der Waals surface area (Å²) in [6.45, 7) is 9.50. The fraction of sp³-hybridized carbons (Fsp3) is 0.692. The highest BCUT2D eigenvalue weighted by molar-refractivity contribution is 9.10. The van der Waals surface area contributed by atoms with Gasteiger partial charge in [0.15, 0.2) is 0 Å². The molecule has 0 saturated carbocycles. The number of hydrogen-bond acceptors (Lipinski definition) is 4. The molecular formula is C13H23BrN4. The Kier molecular flexibility index (Phi) is 7.01. The van der Waals surface area contributed by atoms with Crippen LogP contribution in [-0.2, 0) is 0 Å². The van der Waals surface area contributed by atoms with E-state index < -0.39 is 0 Å². The first-order valence-electron chi connectivity index (χ1n) is 6.73. The molecular weight excluding hydrogens is 292 g/mol. The third-order valence-electron chi connectivity index (χ3n) is 2.60. The third-order valence-corrected chi connectivity index (χ3v) is 3.33. The summed E-state index contributed by atoms with van der Waals surface area (Å²) in [5.74, 6) is 1.88. The molecule has 1 aromatic heterocycles. The molecule has 0 atom stereocenters. The van der Waals surface area contributed by atoms with E-state index in [1.165, 1.54) is 0 Å². The lowest BCUT2D eigenvalue weighted by Gasteiger charge is -2.24. The molecule has 0 fully saturated rings. The van der Waals surface area contributed by atoms with E-state index in [0.717, 1.165) is 55.0 Å². The van der Waals surface area contributed by atoms with Gasteiger partial charge in [-0.1, -0.05) is 20.8 Å². The van der Waals surface area contributed by atoms with E-state index in [2.05, 4.69) is 56.9 Å². The Hall–Kier alpha value is -0.840. The zero-order chi connectivity index (χ0) is 13.4. The van der Waals surface area contributed by atoms with Crippen molar-refractivity contribution in [2.75, 3.05) is 29.9 Å². The highest BCUT2D eigenvalue weighted by Gasteiger charge is 2.13. The SMILES string of the molecule is CCCNc1ncnc(N(CCC)CCC)c1Br. The maximum atomic E-state index is 4.41. The quantitative estimate of drug-likeness (QED) is 0.794. The maximum absolute atomic E-state index is 4.41. The molecule has 0 aromatic carbocycles. The minimum atomic E-state index is 0.888. The molecule has 0 aliphatic carbocycles. The van der Waals surface area contributed by atoms with E-state index in [1.807, 2.05) is 0 Å². The first-order valence-corrected chi connectivity index (χ1v) is 7.53. The number of halogens is 1. The van der Waals surface area contributed by atoms with Gasteiger partial charge >= 0.3 is 0 Å². The van der Waals surface area contributed by atoms with Gasteiger partial charge in [-0.05, 0) is 35.2 Å². The average Bonchev–Trinajstić information content (AvgIpc) is 2.37. The lowest BCUT2D eigenvalue weighted by atomic mass is 10.3. The van der Waals surface area contributed by atoms with E-state index in [0.29, 0.717) is 0 Å². The zero-order valence-corrected chi connectivity index (χ0v) is 13.1. The van der Waals surface area contributed by atoms with Gasteiger partial charge in [-0.15, -0.1) is 0 Å². The Morgan fingerprint density at radius 1 is 1.11 bits per heavy atom. The van der Waals surface area contributed by atoms with Crippen molar-refractivity contribution in [2.45, 2.75) is 40.0 Å². The Labute approximate surface area is 118 Å². The molecule has 0 aliphatic rings. The van der Waals surface area contributed by atoms with Crippen molar-refractivity contribution in [3.05, 3.63) is 10.8 Å². The molecule has 102 valence electrons. The van der Waals surface area contributed by atoms with E-state index in [1.54, 1.807) is 6.33 Å². The van der Waals surface area contributed by atoms with Crippen molar-refractivity contribution in [3.63, 3.8) is 0 Å². The standard InChI is InChI=1S/C13H23BrN4/c1-4-7-15-12-11(14)13(17-10-16-12)18(8-5-2)9-6-3/h10H,4-9H2,1-3H3,(H,15,16,17). The number of hydrogen-bond donors (Lipinski definition) is 1. The molecule has 1 aromatic rings. The van der Waals surface area contributed by atoms with Gasteiger partial charge < -0.3 is 10.2 Å². The highest BCUT2D eigenvalue weighted by Crippen LogP contribution is 2.29. The summed E-state index contributed by atoms with van der Waals surface area (Å²) in [7, 11) is 0. The lowest BCUT2D eigenvalue weighted by molar-refractivity contribution is 0.730. The normalized spacial score (nSPS) is 10.4. The van der Waals surface area contributed by atoms with Gasteiger partial charge in [-0.25, -0.2) is 9.97 Å². The van der Waals surface area contributed by atoms with Crippen LogP contribution in [0.1, 0.15) is 40.0 Å². The number of nitrogens with zero attached hydrogens (tertiary/aromatic N) is 3. The smallest absolute Gasteiger partial charge is 0.148 e. The second kappa shape index (κ2) is 8.29. The summed E-state index contributed by atoms with van der Waals surface area (Å²) in [5, 5.41) is 3.32. The van der Waals surface area contributed by atoms with Crippen LogP contribution in [-0.4, -0.2) is 29.6 Å². The number of anilines is 2. The molecule has 0 saturated heterocycles. The second-order valence-corrected chi connectivity index (χ2v) is 5.07. The predicted octanol–water partition coefficient (Wildman–Crippen LogP) is 3.69. The first-order chi connectivity index (χ1) is 8.74. The van der Waals surface area contributed by atoms with E-state index >= 15 is 0 Å². The molecule has 1 heterocycles. The molecule has 4 nitrogen and oxygen atoms in total. The van der Waals surface area contributed by atoms with Gasteiger partial charge in [0, 0.05) is 19.6 Å². The number of rotatable bonds is 8. The fourth-order valence-electron chi connectivity index (χ4n) is 1.81. The largest absolute Gasteiger partial charge is 0.369 e. The van der Waals surface area contributed by atoms with E-state index in [-0.39, 0.29) is 0 Å². The Morgan fingerprint density at radius 3 is 2.33 bits per heavy atom. The summed E-state index contributed by atoms with van der Waals surface area (Å²) < 4.78 is 0.973. The van der Waals surface area contributed by atoms with Crippen LogP contribution in [0.15, 0.2) is 10.8 Å². The van der Waals surface area contributed by atoms with Crippen molar-refractivity contribution in [1.29, 1.82) is 0 Å². The van der Waals surface area contributed by atoms with Crippen LogP contribution in [0.5, 0.6) is 0 Å². The fourth-order valence-corrected chi connectivity index (χ4v) is 2.41. The van der Waals surface area contributed by atoms with Crippen molar-refractivity contribution < 1.29 is 0 Å². The molecule has 0 spiro atoms. The predicted molar refractivity (Wildman–Crippen MR) is 81.3 cm³/mol. The van der Waals surface area contributed by atoms with Crippen molar-refractivity contribution in [3.8, 4) is 0 Å². The van der Waals surface area contributed by atoms with Gasteiger partial charge in [-0.3, -0.25) is 0 Å². The molecule has 0 amide bonds. The molecule has 5 heteroatoms. The van der Waals surface area contributed by atoms with Gasteiger partial charge in [0.05, 0.1) is 0 Å². The number of aromatic nitrogens is 2. The van der Waals surface area contributed by atoms with Gasteiger partial charge in [0.2, 0.25) is 0 Å². The average molecular weight is 315 g/mol. The van der Waals surface area contributed by atoms with Crippen LogP contribution in [0.2, 0.25) is 0 Å². The highest BCUT2D eigenvalue weighted by atomic mass is 79.9. The summed E-state index contributed by atoms with van der Waals surface area (Å²) in [5.41, 5.74) is 0. The van der Waals surface area contributed by atoms with Crippen LogP contribution < -0.4 is 10.2 Å². The lowest BCUT2D eigenvalue weighted by Crippen LogP contribution is -2.26. The molecule has 0 radical (unpaired) electrons. The summed E-state index contributed by atoms with van der Waals surface area (Å²) in [4.78, 5) is 11.0. The van der Waals surface area contributed by atoms with Gasteiger partial charge in [0.25, 0.3) is 0 Å². The molecule has 18 heavy (non-hydrogen) atoms. The summed E-state index contributed by atoms with van der Waals surface area (Å²) in [6.07, 6.45) is 4.96. The molecule has 0 bridgehead atoms. The van der Waals surface area contributed by atoms with Crippen LogP contribution in [0, 0.1) is 0 Å². The monoisotopic (exact) mass is 314 g/mol. The Balaban J connectivity index is 2.91. The number of nitrogens with one attached hydrogen (secondary N) is 1. The minimum Gasteiger partial charge on any atom is -0.369 e. The minimum absolute atomic E-state index is 0.888. The van der Waals surface area contributed by atoms with Crippen molar-refractivity contribution >= 4 is 27.6 Å². The molecule has 0 unspecified atom stereocenters. The van der Waals surface area contributed by atoms with Crippen molar-refractivity contribution in [2.24, 2.45) is 0 Å². The van der Waals surface area contributed by atoms with Gasteiger partial charge in [-0.2, -0.15) is 0 Å². The topological polar surface area (TPSA) is 41.1 Å².